The molecule has 1 aliphatic heterocycles. The van der Waals surface area contributed by atoms with Crippen LogP contribution < -0.4 is 5.32 Å². The SMILES string of the molecule is CN(C1CCCNCC1)C1CCC12CCCCC2. The van der Waals surface area contributed by atoms with Crippen LogP contribution in [0.3, 0.4) is 0 Å². The molecule has 1 spiro atoms. The monoisotopic (exact) mass is 250 g/mol. The normalized spacial score (nSPS) is 36.3. The summed E-state index contributed by atoms with van der Waals surface area (Å²) < 4.78 is 0. The largest absolute Gasteiger partial charge is 0.317 e. The van der Waals surface area contributed by atoms with Crippen LogP contribution in [0.2, 0.25) is 0 Å². The average molecular weight is 250 g/mol. The third-order valence-corrected chi connectivity index (χ3v) is 6.08. The lowest BCUT2D eigenvalue weighted by Gasteiger charge is -2.57. The van der Waals surface area contributed by atoms with Gasteiger partial charge in [0.1, 0.15) is 0 Å². The van der Waals surface area contributed by atoms with Gasteiger partial charge in [-0.05, 0) is 70.5 Å². The van der Waals surface area contributed by atoms with Gasteiger partial charge in [0.25, 0.3) is 0 Å². The summed E-state index contributed by atoms with van der Waals surface area (Å²) in [5, 5.41) is 3.55. The fraction of sp³-hybridized carbons (Fsp3) is 1.00. The highest BCUT2D eigenvalue weighted by Crippen LogP contribution is 2.54. The highest BCUT2D eigenvalue weighted by molar-refractivity contribution is 5.03. The van der Waals surface area contributed by atoms with Crippen molar-refractivity contribution in [1.29, 1.82) is 0 Å². The van der Waals surface area contributed by atoms with Crippen molar-refractivity contribution in [2.75, 3.05) is 20.1 Å². The van der Waals surface area contributed by atoms with Gasteiger partial charge in [-0.25, -0.2) is 0 Å². The zero-order valence-corrected chi connectivity index (χ0v) is 12.1. The Morgan fingerprint density at radius 1 is 0.889 bits per heavy atom. The molecule has 1 heterocycles. The minimum atomic E-state index is 0.743. The second-order valence-corrected chi connectivity index (χ2v) is 6.98. The molecule has 0 aromatic carbocycles. The Morgan fingerprint density at radius 3 is 2.44 bits per heavy atom. The molecule has 1 saturated heterocycles. The number of nitrogens with zero attached hydrogens (tertiary/aromatic N) is 1. The van der Waals surface area contributed by atoms with E-state index in [2.05, 4.69) is 17.3 Å². The number of hydrogen-bond acceptors (Lipinski definition) is 2. The molecule has 2 unspecified atom stereocenters. The molecule has 0 radical (unpaired) electrons. The maximum atomic E-state index is 3.55. The van der Waals surface area contributed by atoms with Crippen LogP contribution in [0, 0.1) is 5.41 Å². The molecule has 2 atom stereocenters. The summed E-state index contributed by atoms with van der Waals surface area (Å²) >= 11 is 0. The van der Waals surface area contributed by atoms with Crippen molar-refractivity contribution in [2.45, 2.75) is 76.3 Å². The van der Waals surface area contributed by atoms with Gasteiger partial charge in [-0.1, -0.05) is 19.3 Å². The maximum absolute atomic E-state index is 3.55. The molecule has 3 fully saturated rings. The Bertz CT molecular complexity index is 262. The van der Waals surface area contributed by atoms with Gasteiger partial charge in [-0.2, -0.15) is 0 Å². The lowest BCUT2D eigenvalue weighted by Crippen LogP contribution is -2.57. The lowest BCUT2D eigenvalue weighted by atomic mass is 9.56. The molecule has 0 aromatic rings. The second-order valence-electron chi connectivity index (χ2n) is 6.98. The van der Waals surface area contributed by atoms with Crippen molar-refractivity contribution in [2.24, 2.45) is 5.41 Å². The van der Waals surface area contributed by atoms with Crippen LogP contribution in [0.25, 0.3) is 0 Å². The molecule has 18 heavy (non-hydrogen) atoms. The third kappa shape index (κ3) is 2.34. The Hall–Kier alpha value is -0.0800. The lowest BCUT2D eigenvalue weighted by molar-refractivity contribution is -0.0602. The van der Waals surface area contributed by atoms with E-state index in [1.165, 1.54) is 77.3 Å². The van der Waals surface area contributed by atoms with Crippen LogP contribution in [0.15, 0.2) is 0 Å². The van der Waals surface area contributed by atoms with E-state index >= 15 is 0 Å². The van der Waals surface area contributed by atoms with Crippen molar-refractivity contribution < 1.29 is 0 Å². The van der Waals surface area contributed by atoms with E-state index in [9.17, 15) is 0 Å². The van der Waals surface area contributed by atoms with E-state index in [0.717, 1.165) is 17.5 Å². The van der Waals surface area contributed by atoms with Gasteiger partial charge in [0.2, 0.25) is 0 Å². The Labute approximate surface area is 113 Å². The summed E-state index contributed by atoms with van der Waals surface area (Å²) in [6.07, 6.45) is 14.7. The van der Waals surface area contributed by atoms with E-state index in [0.29, 0.717) is 0 Å². The zero-order valence-electron chi connectivity index (χ0n) is 12.1. The Morgan fingerprint density at radius 2 is 1.72 bits per heavy atom. The predicted molar refractivity (Wildman–Crippen MR) is 76.8 cm³/mol. The third-order valence-electron chi connectivity index (χ3n) is 6.08. The van der Waals surface area contributed by atoms with Crippen LogP contribution >= 0.6 is 0 Å². The summed E-state index contributed by atoms with van der Waals surface area (Å²) in [6.45, 7) is 2.47. The smallest absolute Gasteiger partial charge is 0.0152 e. The number of rotatable bonds is 2. The maximum Gasteiger partial charge on any atom is 0.0152 e. The number of nitrogens with one attached hydrogen (secondary N) is 1. The fourth-order valence-electron chi connectivity index (χ4n) is 4.82. The Balaban J connectivity index is 1.62. The van der Waals surface area contributed by atoms with Gasteiger partial charge in [-0.3, -0.25) is 4.90 Å². The molecule has 104 valence electrons. The van der Waals surface area contributed by atoms with Crippen molar-refractivity contribution >= 4 is 0 Å². The van der Waals surface area contributed by atoms with Crippen molar-refractivity contribution in [3.8, 4) is 0 Å². The molecule has 2 nitrogen and oxygen atoms in total. The minimum Gasteiger partial charge on any atom is -0.317 e. The summed E-state index contributed by atoms with van der Waals surface area (Å²) in [7, 11) is 2.43. The van der Waals surface area contributed by atoms with E-state index < -0.39 is 0 Å². The summed E-state index contributed by atoms with van der Waals surface area (Å²) in [5.74, 6) is 0. The molecule has 3 aliphatic rings. The topological polar surface area (TPSA) is 15.3 Å². The first-order valence-corrected chi connectivity index (χ1v) is 8.24. The molecule has 1 N–H and O–H groups in total. The van der Waals surface area contributed by atoms with Crippen LogP contribution in [-0.4, -0.2) is 37.1 Å². The first-order valence-electron chi connectivity index (χ1n) is 8.24. The van der Waals surface area contributed by atoms with Gasteiger partial charge in [0.15, 0.2) is 0 Å². The molecular weight excluding hydrogens is 220 g/mol. The molecule has 0 aromatic heterocycles. The molecule has 3 rings (SSSR count). The summed E-state index contributed by atoms with van der Waals surface area (Å²) in [5.41, 5.74) is 0.743. The van der Waals surface area contributed by atoms with E-state index in [-0.39, 0.29) is 0 Å². The van der Waals surface area contributed by atoms with Crippen molar-refractivity contribution in [3.05, 3.63) is 0 Å². The quantitative estimate of drug-likeness (QED) is 0.810. The van der Waals surface area contributed by atoms with E-state index in [1.807, 2.05) is 0 Å². The zero-order chi connectivity index (χ0) is 12.4. The average Bonchev–Trinajstić information content (AvgIpc) is 2.67. The van der Waals surface area contributed by atoms with Crippen LogP contribution in [0.1, 0.15) is 64.2 Å². The van der Waals surface area contributed by atoms with Crippen molar-refractivity contribution in [1.82, 2.24) is 10.2 Å². The highest BCUT2D eigenvalue weighted by Gasteiger charge is 2.49. The molecule has 2 aliphatic carbocycles. The van der Waals surface area contributed by atoms with Gasteiger partial charge in [-0.15, -0.1) is 0 Å². The minimum absolute atomic E-state index is 0.743. The van der Waals surface area contributed by atoms with Crippen LogP contribution in [-0.2, 0) is 0 Å². The highest BCUT2D eigenvalue weighted by atomic mass is 15.2. The van der Waals surface area contributed by atoms with Crippen LogP contribution in [0.5, 0.6) is 0 Å². The van der Waals surface area contributed by atoms with Gasteiger partial charge >= 0.3 is 0 Å². The van der Waals surface area contributed by atoms with E-state index in [4.69, 9.17) is 0 Å². The standard InChI is InChI=1S/C16H30N2/c1-18(14-6-5-12-17-13-8-14)15-7-11-16(15)9-3-2-4-10-16/h14-15,17H,2-13H2,1H3. The molecule has 0 bridgehead atoms. The Kier molecular flexibility index (Phi) is 3.95. The molecule has 0 amide bonds. The predicted octanol–water partition coefficient (Wildman–Crippen LogP) is 3.17. The first kappa shape index (κ1) is 12.9. The van der Waals surface area contributed by atoms with Gasteiger partial charge in [0, 0.05) is 12.1 Å². The van der Waals surface area contributed by atoms with Crippen molar-refractivity contribution in [3.63, 3.8) is 0 Å². The first-order chi connectivity index (χ1) is 8.82. The second kappa shape index (κ2) is 5.50. The molecule has 2 saturated carbocycles. The number of hydrogen-bond donors (Lipinski definition) is 1. The van der Waals surface area contributed by atoms with Gasteiger partial charge < -0.3 is 5.32 Å². The fourth-order valence-corrected chi connectivity index (χ4v) is 4.82. The van der Waals surface area contributed by atoms with Crippen LogP contribution in [0.4, 0.5) is 0 Å². The molecular formula is C16H30N2. The summed E-state index contributed by atoms with van der Waals surface area (Å²) in [6, 6.07) is 1.77. The summed E-state index contributed by atoms with van der Waals surface area (Å²) in [4.78, 5) is 2.79. The van der Waals surface area contributed by atoms with E-state index in [1.54, 1.807) is 0 Å². The van der Waals surface area contributed by atoms with Gasteiger partial charge in [0.05, 0.1) is 0 Å². The molecule has 2 heteroatoms.